The average Bonchev–Trinajstić information content (AvgIpc) is 3.18. The molecule has 1 amide bonds. The van der Waals surface area contributed by atoms with Gasteiger partial charge in [0.05, 0.1) is 36.4 Å². The lowest BCUT2D eigenvalue weighted by molar-refractivity contribution is -0.137. The summed E-state index contributed by atoms with van der Waals surface area (Å²) in [6.07, 6.45) is -4.63. The molecule has 0 saturated carbocycles. The molecule has 2 atom stereocenters. The Labute approximate surface area is 269 Å². The summed E-state index contributed by atoms with van der Waals surface area (Å²) in [5.74, 6) is 0.103. The van der Waals surface area contributed by atoms with E-state index in [4.69, 9.17) is 9.84 Å². The molecule has 0 spiro atoms. The lowest BCUT2D eigenvalue weighted by Crippen LogP contribution is -2.59. The van der Waals surface area contributed by atoms with Gasteiger partial charge in [-0.15, -0.1) is 11.8 Å². The van der Waals surface area contributed by atoms with E-state index in [-0.39, 0.29) is 54.1 Å². The van der Waals surface area contributed by atoms with Gasteiger partial charge in [0, 0.05) is 42.6 Å². The molecule has 14 heteroatoms. The normalized spacial score (nSPS) is 18.6. The largest absolute Gasteiger partial charge is 0.444 e. The fourth-order valence-electron chi connectivity index (χ4n) is 5.77. The van der Waals surface area contributed by atoms with Gasteiger partial charge in [-0.1, -0.05) is 12.1 Å². The number of alkyl halides is 3. The monoisotopic (exact) mass is 668 g/mol. The number of hydrogen-bond donors (Lipinski definition) is 1. The number of piperazine rings is 1. The number of aromatic nitrogens is 2. The number of carbonyl (C=O) groups excluding carboxylic acids is 1. The number of methoxy groups -OCH3 is 1. The van der Waals surface area contributed by atoms with Crippen molar-refractivity contribution in [1.29, 1.82) is 0 Å². The van der Waals surface area contributed by atoms with Crippen LogP contribution in [0.2, 0.25) is 0 Å². The van der Waals surface area contributed by atoms with Crippen molar-refractivity contribution in [2.75, 3.05) is 44.1 Å². The molecule has 2 aliphatic heterocycles. The van der Waals surface area contributed by atoms with Gasteiger partial charge >= 0.3 is 18.0 Å². The quantitative estimate of drug-likeness (QED) is 0.330. The Morgan fingerprint density at radius 1 is 1.11 bits per heavy atom. The van der Waals surface area contributed by atoms with Crippen molar-refractivity contribution in [2.24, 2.45) is 0 Å². The lowest BCUT2D eigenvalue weighted by atomic mass is 9.96. The molecule has 46 heavy (non-hydrogen) atoms. The van der Waals surface area contributed by atoms with Crippen LogP contribution >= 0.6 is 11.8 Å². The van der Waals surface area contributed by atoms with Crippen molar-refractivity contribution in [1.82, 2.24) is 14.5 Å². The zero-order valence-corrected chi connectivity index (χ0v) is 27.6. The van der Waals surface area contributed by atoms with Gasteiger partial charge in [-0.05, 0) is 70.6 Å². The van der Waals surface area contributed by atoms with Crippen molar-refractivity contribution in [2.45, 2.75) is 76.3 Å². The van der Waals surface area contributed by atoms with Crippen LogP contribution in [0.3, 0.4) is 0 Å². The Morgan fingerprint density at radius 3 is 2.26 bits per heavy atom. The number of aliphatic hydroxyl groups is 1. The molecular formula is C32H40F4N4O5S. The number of ether oxygens (including phenoxy) is 2. The molecule has 0 aliphatic carbocycles. The molecule has 9 nitrogen and oxygen atoms in total. The average molecular weight is 669 g/mol. The maximum absolute atomic E-state index is 14.7. The number of benzene rings is 2. The molecular weight excluding hydrogens is 628 g/mol. The highest BCUT2D eigenvalue weighted by molar-refractivity contribution is 7.99. The van der Waals surface area contributed by atoms with Crippen LogP contribution in [0.5, 0.6) is 0 Å². The summed E-state index contributed by atoms with van der Waals surface area (Å²) in [5.41, 5.74) is -1.57. The number of anilines is 1. The standard InChI is InChI=1S/C29H32F4N4O3S.C3H8O2/c1-16-14-35(15-17(2)37(16)27(39)40-28(3,4)5)25-20-13-21(29(31,32)33)22(18-7-9-19(30)10-8-18)24-23(20)36(26(38)34-25)11-6-12-41-24;1-5-3-2-4/h7-10,13,16-17H,6,11-12,14-15H2,1-5H3;4H,2-3H2,1H3. The van der Waals surface area contributed by atoms with E-state index in [2.05, 4.69) is 9.72 Å². The Bertz CT molecular complexity index is 1590. The smallest absolute Gasteiger partial charge is 0.417 e. The molecule has 2 aliphatic rings. The number of hydrogen-bond acceptors (Lipinski definition) is 8. The van der Waals surface area contributed by atoms with Crippen LogP contribution in [0.1, 0.15) is 46.6 Å². The van der Waals surface area contributed by atoms with Gasteiger partial charge in [0.15, 0.2) is 0 Å². The van der Waals surface area contributed by atoms with E-state index in [1.54, 1.807) is 37.7 Å². The minimum atomic E-state index is -4.73. The molecule has 5 rings (SSSR count). The first-order chi connectivity index (χ1) is 21.6. The van der Waals surface area contributed by atoms with Gasteiger partial charge in [-0.25, -0.2) is 14.0 Å². The van der Waals surface area contributed by atoms with Crippen molar-refractivity contribution in [3.8, 4) is 11.1 Å². The SMILES string of the molecule is CC1CN(c2nc(=O)n3c4c(c(-c5ccc(F)cc5)c(C(F)(F)F)cc24)SCCC3)CC(C)N1C(=O)OC(C)(C)C.COCCO. The number of nitrogens with zero attached hydrogens (tertiary/aromatic N) is 4. The Kier molecular flexibility index (Phi) is 10.9. The first kappa shape index (κ1) is 35.5. The van der Waals surface area contributed by atoms with Crippen LogP contribution in [0.15, 0.2) is 40.0 Å². The topological polar surface area (TPSA) is 97.1 Å². The number of rotatable bonds is 4. The fourth-order valence-corrected chi connectivity index (χ4v) is 6.97. The zero-order valence-electron chi connectivity index (χ0n) is 26.8. The molecule has 1 N–H and O–H groups in total. The van der Waals surface area contributed by atoms with Crippen molar-refractivity contribution in [3.05, 3.63) is 52.2 Å². The number of thioether (sulfide) groups is 1. The lowest BCUT2D eigenvalue weighted by Gasteiger charge is -2.45. The second kappa shape index (κ2) is 14.2. The Balaban J connectivity index is 0.000000892. The molecule has 3 heterocycles. The summed E-state index contributed by atoms with van der Waals surface area (Å²) in [5, 5.41) is 8.16. The molecule has 252 valence electrons. The third-order valence-corrected chi connectivity index (χ3v) is 8.71. The summed E-state index contributed by atoms with van der Waals surface area (Å²) in [7, 11) is 1.55. The summed E-state index contributed by atoms with van der Waals surface area (Å²) >= 11 is 1.26. The van der Waals surface area contributed by atoms with E-state index >= 15 is 0 Å². The third-order valence-electron chi connectivity index (χ3n) is 7.53. The van der Waals surface area contributed by atoms with Crippen LogP contribution < -0.4 is 10.6 Å². The summed E-state index contributed by atoms with van der Waals surface area (Å²) in [4.78, 5) is 34.4. The minimum absolute atomic E-state index is 0.0707. The first-order valence-corrected chi connectivity index (χ1v) is 16.0. The molecule has 2 unspecified atom stereocenters. The first-order valence-electron chi connectivity index (χ1n) is 15.0. The van der Waals surface area contributed by atoms with Crippen LogP contribution in [-0.4, -0.2) is 82.5 Å². The number of aryl methyl sites for hydroxylation is 1. The van der Waals surface area contributed by atoms with Gasteiger partial charge < -0.3 is 19.5 Å². The van der Waals surface area contributed by atoms with E-state index in [0.717, 1.165) is 18.2 Å². The van der Waals surface area contributed by atoms with Crippen molar-refractivity contribution < 1.29 is 36.9 Å². The number of halogens is 4. The predicted molar refractivity (Wildman–Crippen MR) is 170 cm³/mol. The second-order valence-corrected chi connectivity index (χ2v) is 13.4. The molecule has 0 bridgehead atoms. The Hall–Kier alpha value is -3.36. The highest BCUT2D eigenvalue weighted by Crippen LogP contribution is 2.48. The number of aliphatic hydroxyl groups excluding tert-OH is 1. The zero-order chi connectivity index (χ0) is 34.0. The molecule has 0 radical (unpaired) electrons. The van der Waals surface area contributed by atoms with Gasteiger partial charge in [-0.2, -0.15) is 18.2 Å². The summed E-state index contributed by atoms with van der Waals surface area (Å²) in [6, 6.07) is 5.26. The van der Waals surface area contributed by atoms with E-state index in [0.29, 0.717) is 35.7 Å². The molecule has 2 aromatic carbocycles. The molecule has 3 aromatic rings. The van der Waals surface area contributed by atoms with Crippen LogP contribution in [0.4, 0.5) is 28.2 Å². The van der Waals surface area contributed by atoms with Crippen LogP contribution in [0, 0.1) is 5.82 Å². The maximum atomic E-state index is 14.7. The molecule has 1 fully saturated rings. The van der Waals surface area contributed by atoms with Crippen LogP contribution in [-0.2, 0) is 22.2 Å². The van der Waals surface area contributed by atoms with Gasteiger partial charge in [0.1, 0.15) is 17.2 Å². The van der Waals surface area contributed by atoms with E-state index in [1.165, 1.54) is 28.5 Å². The van der Waals surface area contributed by atoms with Gasteiger partial charge in [-0.3, -0.25) is 9.47 Å². The number of amides is 1. The predicted octanol–water partition coefficient (Wildman–Crippen LogP) is 6.18. The second-order valence-electron chi connectivity index (χ2n) is 12.3. The third kappa shape index (κ3) is 7.77. The Morgan fingerprint density at radius 2 is 1.74 bits per heavy atom. The van der Waals surface area contributed by atoms with Crippen molar-refractivity contribution >= 4 is 34.6 Å². The maximum Gasteiger partial charge on any atom is 0.417 e. The van der Waals surface area contributed by atoms with Gasteiger partial charge in [0.25, 0.3) is 0 Å². The van der Waals surface area contributed by atoms with Gasteiger partial charge in [0.2, 0.25) is 0 Å². The number of carbonyl (C=O) groups is 1. The van der Waals surface area contributed by atoms with E-state index in [1.807, 2.05) is 13.8 Å². The van der Waals surface area contributed by atoms with E-state index < -0.39 is 34.9 Å². The summed E-state index contributed by atoms with van der Waals surface area (Å²) in [6.45, 7) is 10.4. The molecule has 1 aromatic heterocycles. The highest BCUT2D eigenvalue weighted by atomic mass is 32.2. The van der Waals surface area contributed by atoms with Crippen molar-refractivity contribution in [3.63, 3.8) is 0 Å². The molecule has 1 saturated heterocycles. The minimum Gasteiger partial charge on any atom is -0.444 e. The summed E-state index contributed by atoms with van der Waals surface area (Å²) < 4.78 is 69.3. The fraction of sp³-hybridized carbons (Fsp3) is 0.531. The highest BCUT2D eigenvalue weighted by Gasteiger charge is 2.40. The van der Waals surface area contributed by atoms with E-state index in [9.17, 15) is 27.2 Å². The van der Waals surface area contributed by atoms with Crippen LogP contribution in [0.25, 0.3) is 22.0 Å².